The molecule has 114 valence electrons. The van der Waals surface area contributed by atoms with Crippen LogP contribution in [0.15, 0.2) is 24.3 Å². The molecule has 4 nitrogen and oxygen atoms in total. The number of nitrogens with one attached hydrogen (secondary N) is 1. The molecule has 0 atom stereocenters. The van der Waals surface area contributed by atoms with Gasteiger partial charge in [0.25, 0.3) is 5.91 Å². The summed E-state index contributed by atoms with van der Waals surface area (Å²) in [6, 6.07) is 8.45. The van der Waals surface area contributed by atoms with Gasteiger partial charge in [-0.25, -0.2) is 0 Å². The molecule has 0 radical (unpaired) electrons. The molecule has 1 saturated carbocycles. The Bertz CT molecular complexity index is 471. The minimum absolute atomic E-state index is 0.0758. The van der Waals surface area contributed by atoms with Crippen molar-refractivity contribution in [3.05, 3.63) is 29.8 Å². The Morgan fingerprint density at radius 3 is 2.29 bits per heavy atom. The average Bonchev–Trinajstić information content (AvgIpc) is 3.01. The van der Waals surface area contributed by atoms with Gasteiger partial charge in [0.05, 0.1) is 0 Å². The molecule has 1 aliphatic carbocycles. The van der Waals surface area contributed by atoms with Crippen molar-refractivity contribution < 1.29 is 4.79 Å². The summed E-state index contributed by atoms with van der Waals surface area (Å²) in [4.78, 5) is 16.9. The molecule has 2 fully saturated rings. The molecule has 1 aromatic carbocycles. The third-order valence-corrected chi connectivity index (χ3v) is 4.69. The summed E-state index contributed by atoms with van der Waals surface area (Å²) in [5.74, 6) is 0.0758. The van der Waals surface area contributed by atoms with Crippen molar-refractivity contribution in [2.45, 2.75) is 31.7 Å². The first-order valence-electron chi connectivity index (χ1n) is 8.07. The number of piperazine rings is 1. The van der Waals surface area contributed by atoms with Crippen LogP contribution in [-0.2, 0) is 0 Å². The lowest BCUT2D eigenvalue weighted by atomic mass is 10.1. The Labute approximate surface area is 127 Å². The fourth-order valence-electron chi connectivity index (χ4n) is 3.23. The second kappa shape index (κ2) is 6.48. The van der Waals surface area contributed by atoms with Gasteiger partial charge in [-0.05, 0) is 44.2 Å². The van der Waals surface area contributed by atoms with Crippen molar-refractivity contribution >= 4 is 11.6 Å². The zero-order valence-corrected chi connectivity index (χ0v) is 12.8. The number of anilines is 1. The number of rotatable bonds is 3. The Kier molecular flexibility index (Phi) is 4.44. The summed E-state index contributed by atoms with van der Waals surface area (Å²) in [7, 11) is 2.16. The van der Waals surface area contributed by atoms with Crippen LogP contribution in [-0.4, -0.2) is 50.1 Å². The van der Waals surface area contributed by atoms with Crippen LogP contribution in [0.4, 0.5) is 5.69 Å². The molecule has 3 rings (SSSR count). The Hall–Kier alpha value is -1.55. The number of amides is 1. The van der Waals surface area contributed by atoms with Gasteiger partial charge in [-0.3, -0.25) is 4.79 Å². The molecule has 0 spiro atoms. The second-order valence-electron chi connectivity index (χ2n) is 6.29. The van der Waals surface area contributed by atoms with Gasteiger partial charge < -0.3 is 15.1 Å². The summed E-state index contributed by atoms with van der Waals surface area (Å²) in [5, 5.41) is 3.14. The normalized spacial score (nSPS) is 20.7. The Balaban J connectivity index is 1.59. The predicted molar refractivity (Wildman–Crippen MR) is 85.9 cm³/mol. The van der Waals surface area contributed by atoms with E-state index < -0.39 is 0 Å². The highest BCUT2D eigenvalue weighted by Gasteiger charge is 2.18. The van der Waals surface area contributed by atoms with Gasteiger partial charge in [0.1, 0.15) is 0 Å². The first-order valence-corrected chi connectivity index (χ1v) is 8.07. The van der Waals surface area contributed by atoms with Gasteiger partial charge in [0.15, 0.2) is 0 Å². The molecule has 2 aliphatic rings. The van der Waals surface area contributed by atoms with E-state index in [9.17, 15) is 4.79 Å². The van der Waals surface area contributed by atoms with Crippen LogP contribution in [0.2, 0.25) is 0 Å². The van der Waals surface area contributed by atoms with Crippen molar-refractivity contribution in [1.29, 1.82) is 0 Å². The molecule has 4 heteroatoms. The molecule has 21 heavy (non-hydrogen) atoms. The molecule has 1 amide bonds. The van der Waals surface area contributed by atoms with Crippen LogP contribution in [0.5, 0.6) is 0 Å². The van der Waals surface area contributed by atoms with E-state index in [1.165, 1.54) is 18.5 Å². The average molecular weight is 287 g/mol. The van der Waals surface area contributed by atoms with E-state index in [0.29, 0.717) is 6.04 Å². The lowest BCUT2D eigenvalue weighted by Crippen LogP contribution is -2.44. The molecule has 0 aromatic heterocycles. The van der Waals surface area contributed by atoms with Crippen molar-refractivity contribution in [1.82, 2.24) is 10.2 Å². The molecule has 1 aromatic rings. The van der Waals surface area contributed by atoms with E-state index in [2.05, 4.69) is 34.3 Å². The zero-order valence-electron chi connectivity index (χ0n) is 12.8. The van der Waals surface area contributed by atoms with E-state index in [0.717, 1.165) is 44.6 Å². The van der Waals surface area contributed by atoms with Crippen molar-refractivity contribution in [2.75, 3.05) is 38.1 Å². The van der Waals surface area contributed by atoms with Crippen molar-refractivity contribution in [2.24, 2.45) is 0 Å². The van der Waals surface area contributed by atoms with Gasteiger partial charge in [0.2, 0.25) is 0 Å². The highest BCUT2D eigenvalue weighted by atomic mass is 16.1. The van der Waals surface area contributed by atoms with Gasteiger partial charge in [-0.1, -0.05) is 12.8 Å². The third kappa shape index (κ3) is 3.56. The van der Waals surface area contributed by atoms with Gasteiger partial charge >= 0.3 is 0 Å². The van der Waals surface area contributed by atoms with Crippen LogP contribution in [0.1, 0.15) is 36.0 Å². The van der Waals surface area contributed by atoms with Gasteiger partial charge in [0, 0.05) is 43.5 Å². The second-order valence-corrected chi connectivity index (χ2v) is 6.29. The minimum atomic E-state index is 0.0758. The van der Waals surface area contributed by atoms with Crippen LogP contribution in [0.3, 0.4) is 0 Å². The molecule has 0 unspecified atom stereocenters. The summed E-state index contributed by atoms with van der Waals surface area (Å²) in [6.07, 6.45) is 4.75. The summed E-state index contributed by atoms with van der Waals surface area (Å²) in [5.41, 5.74) is 2.00. The summed E-state index contributed by atoms with van der Waals surface area (Å²) < 4.78 is 0. The highest BCUT2D eigenvalue weighted by molar-refractivity contribution is 5.94. The predicted octanol–water partition coefficient (Wildman–Crippen LogP) is 2.11. The van der Waals surface area contributed by atoms with E-state index in [1.807, 2.05) is 12.1 Å². The Morgan fingerprint density at radius 2 is 1.67 bits per heavy atom. The molecule has 1 saturated heterocycles. The monoisotopic (exact) mass is 287 g/mol. The number of carbonyl (C=O) groups is 1. The van der Waals surface area contributed by atoms with Crippen molar-refractivity contribution in [3.63, 3.8) is 0 Å². The zero-order chi connectivity index (χ0) is 14.7. The number of nitrogens with zero attached hydrogens (tertiary/aromatic N) is 2. The van der Waals surface area contributed by atoms with Gasteiger partial charge in [-0.15, -0.1) is 0 Å². The standard InChI is InChI=1S/C17H25N3O/c1-19-10-12-20(13-11-19)16-8-6-14(7-9-16)17(21)18-15-4-2-3-5-15/h6-9,15H,2-5,10-13H2,1H3,(H,18,21). The number of likely N-dealkylation sites (N-methyl/N-ethyl adjacent to an activating group) is 1. The minimum Gasteiger partial charge on any atom is -0.369 e. The highest BCUT2D eigenvalue weighted by Crippen LogP contribution is 2.20. The Morgan fingerprint density at radius 1 is 1.05 bits per heavy atom. The van der Waals surface area contributed by atoms with E-state index in [4.69, 9.17) is 0 Å². The largest absolute Gasteiger partial charge is 0.369 e. The maximum Gasteiger partial charge on any atom is 0.251 e. The van der Waals surface area contributed by atoms with Crippen molar-refractivity contribution in [3.8, 4) is 0 Å². The first-order chi connectivity index (χ1) is 10.2. The summed E-state index contributed by atoms with van der Waals surface area (Å²) in [6.45, 7) is 4.32. The SMILES string of the molecule is CN1CCN(c2ccc(C(=O)NC3CCCC3)cc2)CC1. The van der Waals surface area contributed by atoms with Crippen LogP contribution >= 0.6 is 0 Å². The lowest BCUT2D eigenvalue weighted by molar-refractivity contribution is 0.0938. The van der Waals surface area contributed by atoms with E-state index >= 15 is 0 Å². The molecular formula is C17H25N3O. The topological polar surface area (TPSA) is 35.6 Å². The third-order valence-electron chi connectivity index (χ3n) is 4.69. The maximum absolute atomic E-state index is 12.2. The van der Waals surface area contributed by atoms with Gasteiger partial charge in [-0.2, -0.15) is 0 Å². The summed E-state index contributed by atoms with van der Waals surface area (Å²) >= 11 is 0. The van der Waals surface area contributed by atoms with Crippen LogP contribution < -0.4 is 10.2 Å². The molecule has 1 heterocycles. The van der Waals surface area contributed by atoms with E-state index in [1.54, 1.807) is 0 Å². The number of hydrogen-bond acceptors (Lipinski definition) is 3. The quantitative estimate of drug-likeness (QED) is 0.925. The van der Waals surface area contributed by atoms with Crippen LogP contribution in [0.25, 0.3) is 0 Å². The number of hydrogen-bond donors (Lipinski definition) is 1. The fraction of sp³-hybridized carbons (Fsp3) is 0.588. The number of carbonyl (C=O) groups excluding carboxylic acids is 1. The van der Waals surface area contributed by atoms with Crippen LogP contribution in [0, 0.1) is 0 Å². The first kappa shape index (κ1) is 14.4. The van der Waals surface area contributed by atoms with E-state index in [-0.39, 0.29) is 5.91 Å². The fourth-order valence-corrected chi connectivity index (χ4v) is 3.23. The smallest absolute Gasteiger partial charge is 0.251 e. The molecule has 1 aliphatic heterocycles. The maximum atomic E-state index is 12.2. The molecular weight excluding hydrogens is 262 g/mol. The molecule has 0 bridgehead atoms. The molecule has 1 N–H and O–H groups in total. The number of benzene rings is 1. The lowest BCUT2D eigenvalue weighted by Gasteiger charge is -2.34.